The summed E-state index contributed by atoms with van der Waals surface area (Å²) in [6.07, 6.45) is 0. The van der Waals surface area contributed by atoms with E-state index in [2.05, 4.69) is 94.0 Å². The normalized spacial score (nSPS) is 14.2. The van der Waals surface area contributed by atoms with E-state index >= 15 is 0 Å². The topological polar surface area (TPSA) is 79.9 Å². The number of nitrogens with zero attached hydrogens (tertiary/aromatic N) is 6. The maximum atomic E-state index is 5.67. The van der Waals surface area contributed by atoms with Crippen molar-refractivity contribution in [2.75, 3.05) is 37.0 Å². The second-order valence-electron chi connectivity index (χ2n) is 11.2. The zero-order chi connectivity index (χ0) is 27.6. The van der Waals surface area contributed by atoms with Crippen LogP contribution in [0.4, 0.5) is 17.1 Å². The summed E-state index contributed by atoms with van der Waals surface area (Å²) >= 11 is 0. The maximum absolute atomic E-state index is 5.67. The summed E-state index contributed by atoms with van der Waals surface area (Å²) < 4.78 is 7.47. The molecule has 0 atom stereocenters. The van der Waals surface area contributed by atoms with Crippen molar-refractivity contribution in [3.05, 3.63) is 47.8 Å². The molecule has 1 N–H and O–H groups in total. The highest BCUT2D eigenvalue weighted by Crippen LogP contribution is 2.36. The molecule has 0 fully saturated rings. The van der Waals surface area contributed by atoms with Crippen LogP contribution in [0.3, 0.4) is 0 Å². The minimum absolute atomic E-state index is 0.239. The molecule has 0 saturated carbocycles. The Bertz CT molecular complexity index is 1360. The lowest BCUT2D eigenvalue weighted by atomic mass is 9.87. The van der Waals surface area contributed by atoms with Crippen LogP contribution in [-0.2, 0) is 0 Å². The molecule has 0 amide bonds. The Balaban J connectivity index is 1.80. The second kappa shape index (κ2) is 11.0. The molecule has 8 nitrogen and oxygen atoms in total. The van der Waals surface area contributed by atoms with Crippen LogP contribution < -0.4 is 15.0 Å². The van der Waals surface area contributed by atoms with E-state index in [1.165, 1.54) is 5.69 Å². The molecule has 1 aliphatic heterocycles. The number of aliphatic imine (C=N–C) groups is 1. The Morgan fingerprint density at radius 3 is 2.39 bits per heavy atom. The molecule has 1 aliphatic rings. The summed E-state index contributed by atoms with van der Waals surface area (Å²) in [4.78, 5) is 7.54. The van der Waals surface area contributed by atoms with Gasteiger partial charge in [0, 0.05) is 36.4 Å². The van der Waals surface area contributed by atoms with Gasteiger partial charge in [-0.1, -0.05) is 34.6 Å². The predicted octanol–water partition coefficient (Wildman–Crippen LogP) is 6.56. The molecular formula is C30H41N7O. The number of ether oxygens (including phenoxy) is 1. The van der Waals surface area contributed by atoms with E-state index < -0.39 is 0 Å². The summed E-state index contributed by atoms with van der Waals surface area (Å²) in [7, 11) is 1.66. The van der Waals surface area contributed by atoms with Crippen LogP contribution in [0, 0.1) is 18.3 Å². The molecule has 3 aromatic rings. The molecule has 0 saturated heterocycles. The third-order valence-corrected chi connectivity index (χ3v) is 6.55. The Morgan fingerprint density at radius 1 is 1.05 bits per heavy atom. The SMILES string of the molecule is CCNc1ccc(OC)c(-c2nnc3n2N=C(C(C)(C)C)/C3=N/c2ccc(N(CC)CC(C)C)cc2C)c1. The smallest absolute Gasteiger partial charge is 0.205 e. The number of methoxy groups -OCH3 is 1. The molecule has 38 heavy (non-hydrogen) atoms. The zero-order valence-corrected chi connectivity index (χ0v) is 24.3. The minimum atomic E-state index is -0.239. The van der Waals surface area contributed by atoms with Gasteiger partial charge in [0.15, 0.2) is 5.82 Å². The fourth-order valence-electron chi connectivity index (χ4n) is 4.69. The van der Waals surface area contributed by atoms with Crippen molar-refractivity contribution in [2.45, 2.75) is 55.4 Å². The number of nitrogens with one attached hydrogen (secondary N) is 1. The van der Waals surface area contributed by atoms with Gasteiger partial charge in [0.25, 0.3) is 0 Å². The molecule has 4 rings (SSSR count). The highest BCUT2D eigenvalue weighted by atomic mass is 16.5. The molecule has 2 aromatic carbocycles. The predicted molar refractivity (Wildman–Crippen MR) is 159 cm³/mol. The minimum Gasteiger partial charge on any atom is -0.496 e. The lowest BCUT2D eigenvalue weighted by Crippen LogP contribution is -2.27. The van der Waals surface area contributed by atoms with Gasteiger partial charge in [-0.15, -0.1) is 10.2 Å². The van der Waals surface area contributed by atoms with E-state index in [1.54, 1.807) is 11.8 Å². The summed E-state index contributed by atoms with van der Waals surface area (Å²) in [5, 5.41) is 17.5. The summed E-state index contributed by atoms with van der Waals surface area (Å²) in [5.41, 5.74) is 6.45. The largest absolute Gasteiger partial charge is 0.496 e. The van der Waals surface area contributed by atoms with E-state index in [-0.39, 0.29) is 5.41 Å². The number of hydrogen-bond acceptors (Lipinski definition) is 7. The monoisotopic (exact) mass is 515 g/mol. The lowest BCUT2D eigenvalue weighted by molar-refractivity contribution is 0.416. The highest BCUT2D eigenvalue weighted by molar-refractivity contribution is 6.50. The first-order valence-electron chi connectivity index (χ1n) is 13.5. The Kier molecular flexibility index (Phi) is 7.90. The molecule has 2 heterocycles. The van der Waals surface area contributed by atoms with E-state index in [9.17, 15) is 0 Å². The molecule has 0 spiro atoms. The standard InChI is InChI=1S/C30H41N7O/c1-10-31-21-12-15-25(38-9)23(17-21)28-33-34-29-26(27(30(6,7)8)35-37(28)29)32-24-14-13-22(16-20(24)5)36(11-2)18-19(3)4/h12-17,19,31H,10-11,18H2,1-9H3/b32-26-. The number of aryl methyl sites for hydroxylation is 1. The average molecular weight is 516 g/mol. The molecule has 0 unspecified atom stereocenters. The van der Waals surface area contributed by atoms with Crippen LogP contribution in [0.1, 0.15) is 59.9 Å². The van der Waals surface area contributed by atoms with Crippen LogP contribution in [0.2, 0.25) is 0 Å². The first-order valence-corrected chi connectivity index (χ1v) is 13.5. The molecule has 1 aromatic heterocycles. The molecule has 0 radical (unpaired) electrons. The van der Waals surface area contributed by atoms with Crippen LogP contribution in [-0.4, -0.2) is 53.0 Å². The van der Waals surface area contributed by atoms with Gasteiger partial charge in [-0.3, -0.25) is 0 Å². The maximum Gasteiger partial charge on any atom is 0.205 e. The fraction of sp³-hybridized carbons (Fsp3) is 0.467. The summed E-state index contributed by atoms with van der Waals surface area (Å²) in [6.45, 7) is 20.1. The van der Waals surface area contributed by atoms with Gasteiger partial charge in [-0.05, 0) is 68.7 Å². The van der Waals surface area contributed by atoms with Gasteiger partial charge in [-0.2, -0.15) is 9.78 Å². The van der Waals surface area contributed by atoms with Crippen molar-refractivity contribution < 1.29 is 4.74 Å². The van der Waals surface area contributed by atoms with Crippen molar-refractivity contribution in [1.29, 1.82) is 0 Å². The molecule has 8 heteroatoms. The Morgan fingerprint density at radius 2 is 1.79 bits per heavy atom. The van der Waals surface area contributed by atoms with Crippen LogP contribution in [0.15, 0.2) is 46.5 Å². The van der Waals surface area contributed by atoms with Gasteiger partial charge in [-0.25, -0.2) is 4.99 Å². The van der Waals surface area contributed by atoms with Crippen LogP contribution in [0.5, 0.6) is 5.75 Å². The fourth-order valence-corrected chi connectivity index (χ4v) is 4.69. The quantitative estimate of drug-likeness (QED) is 0.349. The summed E-state index contributed by atoms with van der Waals surface area (Å²) in [6, 6.07) is 12.5. The van der Waals surface area contributed by atoms with Crippen molar-refractivity contribution in [3.8, 4) is 17.1 Å². The third-order valence-electron chi connectivity index (χ3n) is 6.55. The van der Waals surface area contributed by atoms with Crippen molar-refractivity contribution in [1.82, 2.24) is 14.9 Å². The number of benzene rings is 2. The van der Waals surface area contributed by atoms with Crippen LogP contribution >= 0.6 is 0 Å². The molecule has 0 aliphatic carbocycles. The van der Waals surface area contributed by atoms with E-state index in [0.717, 1.165) is 53.6 Å². The Labute approximate surface area is 226 Å². The van der Waals surface area contributed by atoms with Crippen molar-refractivity contribution in [2.24, 2.45) is 21.4 Å². The Hall–Kier alpha value is -3.68. The van der Waals surface area contributed by atoms with Crippen LogP contribution in [0.25, 0.3) is 11.4 Å². The zero-order valence-electron chi connectivity index (χ0n) is 24.3. The first kappa shape index (κ1) is 27.4. The lowest BCUT2D eigenvalue weighted by Gasteiger charge is -2.25. The third kappa shape index (κ3) is 5.44. The number of rotatable bonds is 9. The van der Waals surface area contributed by atoms with Gasteiger partial charge in [0.1, 0.15) is 11.5 Å². The number of aromatic nitrogens is 3. The van der Waals surface area contributed by atoms with E-state index in [1.807, 2.05) is 18.2 Å². The average Bonchev–Trinajstić information content (AvgIpc) is 3.44. The van der Waals surface area contributed by atoms with Crippen molar-refractivity contribution >= 4 is 28.5 Å². The molecule has 202 valence electrons. The van der Waals surface area contributed by atoms with Gasteiger partial charge in [0.05, 0.1) is 24.1 Å². The van der Waals surface area contributed by atoms with E-state index in [0.29, 0.717) is 23.3 Å². The van der Waals surface area contributed by atoms with Gasteiger partial charge >= 0.3 is 0 Å². The first-order chi connectivity index (χ1) is 18.1. The van der Waals surface area contributed by atoms with Gasteiger partial charge < -0.3 is 15.0 Å². The summed E-state index contributed by atoms with van der Waals surface area (Å²) in [5.74, 6) is 2.58. The molecule has 0 bridgehead atoms. The second-order valence-corrected chi connectivity index (χ2v) is 11.2. The number of anilines is 2. The van der Waals surface area contributed by atoms with E-state index in [4.69, 9.17) is 14.8 Å². The van der Waals surface area contributed by atoms with Crippen molar-refractivity contribution in [3.63, 3.8) is 0 Å². The number of fused-ring (bicyclic) bond motifs is 1. The molecular weight excluding hydrogens is 474 g/mol. The van der Waals surface area contributed by atoms with Gasteiger partial charge in [0.2, 0.25) is 5.82 Å². The number of hydrogen-bond donors (Lipinski definition) is 1. The highest BCUT2D eigenvalue weighted by Gasteiger charge is 2.36.